The Hall–Kier alpha value is -2.54. The molecule has 3 atom stereocenters. The van der Waals surface area contributed by atoms with Crippen molar-refractivity contribution in [1.82, 2.24) is 14.8 Å². The number of fused-ring (bicyclic) bond motifs is 2. The molecule has 1 aromatic carbocycles. The van der Waals surface area contributed by atoms with Crippen LogP contribution < -0.4 is 5.73 Å². The highest BCUT2D eigenvalue weighted by Gasteiger charge is 2.55. The van der Waals surface area contributed by atoms with E-state index in [1.54, 1.807) is 24.3 Å². The highest BCUT2D eigenvalue weighted by molar-refractivity contribution is 5.94. The third-order valence-corrected chi connectivity index (χ3v) is 6.67. The molecule has 1 amide bonds. The molecule has 0 radical (unpaired) electrons. The van der Waals surface area contributed by atoms with E-state index in [4.69, 9.17) is 5.73 Å². The molecule has 0 aliphatic carbocycles. The minimum Gasteiger partial charge on any atom is -0.384 e. The van der Waals surface area contributed by atoms with E-state index in [0.29, 0.717) is 29.4 Å². The van der Waals surface area contributed by atoms with E-state index < -0.39 is 11.6 Å². The second-order valence-electron chi connectivity index (χ2n) is 8.03. The Morgan fingerprint density at radius 3 is 2.61 bits per heavy atom. The molecule has 0 spiro atoms. The number of carbonyl (C=O) groups excluding carboxylic acids is 1. The highest BCUT2D eigenvalue weighted by atomic mass is 19.2. The average Bonchev–Trinajstić information content (AvgIpc) is 3.14. The predicted octanol–water partition coefficient (Wildman–Crippen LogP) is 2.64. The number of nitrogen functional groups attached to an aromatic ring is 1. The standard InChI is InChI=1S/C21H22F2N4O/c22-16-3-1-2-14(18(16)23)15-11-27(21(28)13-4-5-17(24)25-10-13)19-12-6-8-26(9-7-12)20(15)19/h1-5,10,12,15,19-20H,6-9,11H2,(H2,24,25)/t15-,19+,20+/m0/s1. The largest absolute Gasteiger partial charge is 0.384 e. The maximum absolute atomic E-state index is 14.6. The monoisotopic (exact) mass is 384 g/mol. The number of piperidine rings is 3. The van der Waals surface area contributed by atoms with E-state index in [2.05, 4.69) is 9.88 Å². The summed E-state index contributed by atoms with van der Waals surface area (Å²) in [7, 11) is 0. The molecule has 4 aliphatic heterocycles. The molecule has 4 aliphatic rings. The lowest BCUT2D eigenvalue weighted by molar-refractivity contribution is -0.00360. The lowest BCUT2D eigenvalue weighted by Crippen LogP contribution is -2.60. The molecule has 146 valence electrons. The number of aromatic nitrogens is 1. The van der Waals surface area contributed by atoms with Crippen LogP contribution in [-0.2, 0) is 0 Å². The van der Waals surface area contributed by atoms with Crippen LogP contribution in [0.15, 0.2) is 36.5 Å². The molecule has 7 heteroatoms. The molecule has 5 nitrogen and oxygen atoms in total. The van der Waals surface area contributed by atoms with Gasteiger partial charge in [0.1, 0.15) is 5.82 Å². The SMILES string of the molecule is Nc1ccc(C(=O)N2C[C@@H](c3cccc(F)c3F)[C@@H]3[C@H]2C2CCN3CC2)cn1. The van der Waals surface area contributed by atoms with Gasteiger partial charge in [0.15, 0.2) is 11.6 Å². The first-order valence-corrected chi connectivity index (χ1v) is 9.75. The number of hydrogen-bond acceptors (Lipinski definition) is 4. The van der Waals surface area contributed by atoms with Crippen LogP contribution in [0.1, 0.15) is 34.7 Å². The lowest BCUT2D eigenvalue weighted by atomic mass is 9.75. The molecule has 6 rings (SSSR count). The molecule has 4 saturated heterocycles. The number of likely N-dealkylation sites (tertiary alicyclic amines) is 1. The number of amides is 1. The zero-order valence-corrected chi connectivity index (χ0v) is 15.4. The summed E-state index contributed by atoms with van der Waals surface area (Å²) in [4.78, 5) is 21.5. The number of benzene rings is 1. The van der Waals surface area contributed by atoms with Gasteiger partial charge in [-0.05, 0) is 55.6 Å². The third-order valence-electron chi connectivity index (χ3n) is 6.67. The molecule has 1 aromatic heterocycles. The van der Waals surface area contributed by atoms with Crippen LogP contribution >= 0.6 is 0 Å². The Balaban J connectivity index is 1.55. The Bertz CT molecular complexity index is 911. The van der Waals surface area contributed by atoms with Gasteiger partial charge in [0, 0.05) is 24.7 Å². The lowest BCUT2D eigenvalue weighted by Gasteiger charge is -2.51. The third kappa shape index (κ3) is 2.60. The van der Waals surface area contributed by atoms with Crippen molar-refractivity contribution in [3.8, 4) is 0 Å². The van der Waals surface area contributed by atoms with Crippen LogP contribution in [0.5, 0.6) is 0 Å². The Morgan fingerprint density at radius 1 is 1.11 bits per heavy atom. The molecule has 0 unspecified atom stereocenters. The number of halogens is 2. The van der Waals surface area contributed by atoms with Gasteiger partial charge in [-0.2, -0.15) is 0 Å². The van der Waals surface area contributed by atoms with Gasteiger partial charge in [0.25, 0.3) is 5.91 Å². The molecular weight excluding hydrogens is 362 g/mol. The van der Waals surface area contributed by atoms with Crippen molar-refractivity contribution < 1.29 is 13.6 Å². The molecule has 2 N–H and O–H groups in total. The number of nitrogens with zero attached hydrogens (tertiary/aromatic N) is 3. The van der Waals surface area contributed by atoms with Crippen LogP contribution in [0, 0.1) is 17.6 Å². The van der Waals surface area contributed by atoms with Gasteiger partial charge in [0.2, 0.25) is 0 Å². The molecule has 4 fully saturated rings. The second kappa shape index (κ2) is 6.51. The Kier molecular flexibility index (Phi) is 4.08. The minimum atomic E-state index is -0.836. The van der Waals surface area contributed by atoms with E-state index in [1.165, 1.54) is 6.20 Å². The van der Waals surface area contributed by atoms with Crippen LogP contribution in [0.3, 0.4) is 0 Å². The van der Waals surface area contributed by atoms with E-state index in [0.717, 1.165) is 32.0 Å². The van der Waals surface area contributed by atoms with Crippen molar-refractivity contribution in [1.29, 1.82) is 0 Å². The Morgan fingerprint density at radius 2 is 1.89 bits per heavy atom. The van der Waals surface area contributed by atoms with Crippen molar-refractivity contribution in [2.24, 2.45) is 5.92 Å². The van der Waals surface area contributed by atoms with Crippen molar-refractivity contribution in [3.63, 3.8) is 0 Å². The summed E-state index contributed by atoms with van der Waals surface area (Å²) in [5.74, 6) is -1.24. The van der Waals surface area contributed by atoms with Crippen LogP contribution in [0.2, 0.25) is 0 Å². The quantitative estimate of drug-likeness (QED) is 0.865. The number of carbonyl (C=O) groups is 1. The van der Waals surface area contributed by atoms with Gasteiger partial charge in [-0.1, -0.05) is 12.1 Å². The fourth-order valence-electron chi connectivity index (χ4n) is 5.43. The highest BCUT2D eigenvalue weighted by Crippen LogP contribution is 2.47. The summed E-state index contributed by atoms with van der Waals surface area (Å²) in [5, 5.41) is 0. The fourth-order valence-corrected chi connectivity index (χ4v) is 5.43. The van der Waals surface area contributed by atoms with Crippen LogP contribution in [0.25, 0.3) is 0 Å². The summed E-state index contributed by atoms with van der Waals surface area (Å²) < 4.78 is 28.5. The molecule has 2 aromatic rings. The van der Waals surface area contributed by atoms with E-state index in [9.17, 15) is 13.6 Å². The maximum atomic E-state index is 14.6. The molecule has 2 bridgehead atoms. The summed E-state index contributed by atoms with van der Waals surface area (Å²) in [5.41, 5.74) is 6.49. The minimum absolute atomic E-state index is 0.0141. The molecular formula is C21H22F2N4O. The van der Waals surface area contributed by atoms with E-state index in [-0.39, 0.29) is 23.9 Å². The summed E-state index contributed by atoms with van der Waals surface area (Å²) in [6, 6.07) is 7.67. The first-order valence-electron chi connectivity index (χ1n) is 9.75. The van der Waals surface area contributed by atoms with Crippen molar-refractivity contribution >= 4 is 11.7 Å². The smallest absolute Gasteiger partial charge is 0.255 e. The second-order valence-corrected chi connectivity index (χ2v) is 8.03. The first kappa shape index (κ1) is 17.6. The molecule has 5 heterocycles. The van der Waals surface area contributed by atoms with Gasteiger partial charge >= 0.3 is 0 Å². The van der Waals surface area contributed by atoms with E-state index >= 15 is 0 Å². The van der Waals surface area contributed by atoms with Crippen molar-refractivity contribution in [2.75, 3.05) is 25.4 Å². The number of pyridine rings is 1. The summed E-state index contributed by atoms with van der Waals surface area (Å²) in [6.07, 6.45) is 3.55. The van der Waals surface area contributed by atoms with Crippen molar-refractivity contribution in [3.05, 3.63) is 59.3 Å². The number of hydrogen-bond donors (Lipinski definition) is 1. The maximum Gasteiger partial charge on any atom is 0.255 e. The van der Waals surface area contributed by atoms with E-state index in [1.807, 2.05) is 4.90 Å². The number of nitrogens with two attached hydrogens (primary N) is 1. The normalized spacial score (nSPS) is 31.1. The molecule has 0 saturated carbocycles. The number of anilines is 1. The van der Waals surface area contributed by atoms with Crippen molar-refractivity contribution in [2.45, 2.75) is 30.8 Å². The first-order chi connectivity index (χ1) is 13.5. The summed E-state index contributed by atoms with van der Waals surface area (Å²) in [6.45, 7) is 2.28. The average molecular weight is 384 g/mol. The van der Waals surface area contributed by atoms with Gasteiger partial charge in [-0.25, -0.2) is 13.8 Å². The number of rotatable bonds is 2. The predicted molar refractivity (Wildman–Crippen MR) is 101 cm³/mol. The van der Waals surface area contributed by atoms with Gasteiger partial charge < -0.3 is 10.6 Å². The Labute approximate surface area is 162 Å². The zero-order chi connectivity index (χ0) is 19.4. The van der Waals surface area contributed by atoms with Gasteiger partial charge in [-0.3, -0.25) is 9.69 Å². The van der Waals surface area contributed by atoms with Crippen LogP contribution in [0.4, 0.5) is 14.6 Å². The fraction of sp³-hybridized carbons (Fsp3) is 0.429. The molecule has 28 heavy (non-hydrogen) atoms. The van der Waals surface area contributed by atoms with Crippen LogP contribution in [-0.4, -0.2) is 52.4 Å². The summed E-state index contributed by atoms with van der Waals surface area (Å²) >= 11 is 0. The topological polar surface area (TPSA) is 62.5 Å². The van der Waals surface area contributed by atoms with Gasteiger partial charge in [0.05, 0.1) is 11.6 Å². The zero-order valence-electron chi connectivity index (χ0n) is 15.4. The van der Waals surface area contributed by atoms with Gasteiger partial charge in [-0.15, -0.1) is 0 Å².